The van der Waals surface area contributed by atoms with Gasteiger partial charge in [0.25, 0.3) is 5.91 Å². The van der Waals surface area contributed by atoms with E-state index in [4.69, 9.17) is 23.2 Å². The van der Waals surface area contributed by atoms with E-state index in [1.54, 1.807) is 6.07 Å². The number of hydrogen-bond donors (Lipinski definition) is 2. The van der Waals surface area contributed by atoms with Crippen LogP contribution in [0.4, 0.5) is 5.13 Å². The second-order valence-electron chi connectivity index (χ2n) is 6.45. The summed E-state index contributed by atoms with van der Waals surface area (Å²) in [6.45, 7) is -0.206. The molecule has 4 aromatic rings. The third-order valence-corrected chi connectivity index (χ3v) is 5.69. The van der Waals surface area contributed by atoms with Gasteiger partial charge in [0, 0.05) is 16.0 Å². The van der Waals surface area contributed by atoms with Crippen molar-refractivity contribution in [3.63, 3.8) is 0 Å². The maximum absolute atomic E-state index is 12.2. The average Bonchev–Trinajstić information content (AvgIpc) is 3.20. The Morgan fingerprint density at radius 2 is 1.77 bits per heavy atom. The summed E-state index contributed by atoms with van der Waals surface area (Å²) < 4.78 is 0. The van der Waals surface area contributed by atoms with Crippen molar-refractivity contribution in [1.82, 2.24) is 10.3 Å². The molecule has 0 spiro atoms. The summed E-state index contributed by atoms with van der Waals surface area (Å²) in [5, 5.41) is 10.5. The number of nitrogens with one attached hydrogen (secondary N) is 2. The molecule has 3 aromatic carbocycles. The number of nitrogens with zero attached hydrogens (tertiary/aromatic N) is 1. The molecule has 0 bridgehead atoms. The molecule has 0 saturated heterocycles. The molecule has 2 amide bonds. The lowest BCUT2D eigenvalue weighted by atomic mass is 10.1. The van der Waals surface area contributed by atoms with Crippen LogP contribution < -0.4 is 10.6 Å². The predicted octanol–water partition coefficient (Wildman–Crippen LogP) is 5.64. The number of carbonyl (C=O) groups is 2. The van der Waals surface area contributed by atoms with Crippen molar-refractivity contribution in [3.8, 4) is 11.3 Å². The molecule has 8 heteroatoms. The van der Waals surface area contributed by atoms with Gasteiger partial charge in [0.2, 0.25) is 5.91 Å². The third-order valence-electron chi connectivity index (χ3n) is 4.38. The van der Waals surface area contributed by atoms with Crippen LogP contribution in [0.1, 0.15) is 10.4 Å². The number of rotatable bonds is 5. The quantitative estimate of drug-likeness (QED) is 0.409. The smallest absolute Gasteiger partial charge is 0.253 e. The molecule has 0 aliphatic heterocycles. The van der Waals surface area contributed by atoms with Crippen molar-refractivity contribution in [2.75, 3.05) is 11.9 Å². The summed E-state index contributed by atoms with van der Waals surface area (Å²) in [6.07, 6.45) is 0. The van der Waals surface area contributed by atoms with Gasteiger partial charge in [-0.3, -0.25) is 9.59 Å². The van der Waals surface area contributed by atoms with E-state index in [1.165, 1.54) is 23.5 Å². The zero-order valence-electron chi connectivity index (χ0n) is 15.5. The van der Waals surface area contributed by atoms with Gasteiger partial charge < -0.3 is 10.6 Å². The highest BCUT2D eigenvalue weighted by Crippen LogP contribution is 2.27. The maximum atomic E-state index is 12.2. The highest BCUT2D eigenvalue weighted by atomic mass is 35.5. The summed E-state index contributed by atoms with van der Waals surface area (Å²) in [6, 6.07) is 18.7. The van der Waals surface area contributed by atoms with Crippen LogP contribution in [0.3, 0.4) is 0 Å². The van der Waals surface area contributed by atoms with Crippen molar-refractivity contribution in [3.05, 3.63) is 81.7 Å². The van der Waals surface area contributed by atoms with Crippen molar-refractivity contribution in [1.29, 1.82) is 0 Å². The highest BCUT2D eigenvalue weighted by molar-refractivity contribution is 7.14. The van der Waals surface area contributed by atoms with Crippen LogP contribution in [0.15, 0.2) is 66.0 Å². The van der Waals surface area contributed by atoms with Crippen molar-refractivity contribution < 1.29 is 9.59 Å². The largest absolute Gasteiger partial charge is 0.343 e. The van der Waals surface area contributed by atoms with Gasteiger partial charge in [-0.25, -0.2) is 4.98 Å². The van der Waals surface area contributed by atoms with Crippen LogP contribution in [0, 0.1) is 0 Å². The van der Waals surface area contributed by atoms with Gasteiger partial charge in [-0.05, 0) is 35.0 Å². The van der Waals surface area contributed by atoms with Crippen LogP contribution >= 0.6 is 34.5 Å². The first-order valence-corrected chi connectivity index (χ1v) is 10.6. The molecular weight excluding hydrogens is 441 g/mol. The normalized spacial score (nSPS) is 10.7. The Morgan fingerprint density at radius 3 is 2.57 bits per heavy atom. The molecule has 150 valence electrons. The third kappa shape index (κ3) is 4.62. The zero-order chi connectivity index (χ0) is 21.1. The standard InChI is InChI=1S/C22H15Cl2N3O2S/c23-16-7-8-17(18(24)10-16)21(29)25-11-20(28)27-22-26-19(12-30-22)15-6-5-13-3-1-2-4-14(13)9-15/h1-10,12H,11H2,(H,25,29)(H,26,27,28). The van der Waals surface area contributed by atoms with E-state index >= 15 is 0 Å². The van der Waals surface area contributed by atoms with Crippen molar-refractivity contribution >= 4 is 62.3 Å². The number of hydrogen-bond acceptors (Lipinski definition) is 4. The van der Waals surface area contributed by atoms with Crippen molar-refractivity contribution in [2.45, 2.75) is 0 Å². The number of anilines is 1. The van der Waals surface area contributed by atoms with E-state index < -0.39 is 5.91 Å². The number of carbonyl (C=O) groups excluding carboxylic acids is 2. The Balaban J connectivity index is 1.38. The number of aromatic nitrogens is 1. The average molecular weight is 456 g/mol. The topological polar surface area (TPSA) is 71.1 Å². The summed E-state index contributed by atoms with van der Waals surface area (Å²) in [5.41, 5.74) is 2.00. The van der Waals surface area contributed by atoms with E-state index in [0.717, 1.165) is 22.0 Å². The van der Waals surface area contributed by atoms with E-state index in [1.807, 2.05) is 35.7 Å². The number of fused-ring (bicyclic) bond motifs is 1. The first kappa shape index (κ1) is 20.3. The summed E-state index contributed by atoms with van der Waals surface area (Å²) in [4.78, 5) is 28.9. The van der Waals surface area contributed by atoms with Gasteiger partial charge in [-0.2, -0.15) is 0 Å². The molecule has 0 aliphatic carbocycles. The van der Waals surface area contributed by atoms with Crippen LogP contribution in [0.2, 0.25) is 10.0 Å². The molecule has 0 saturated carbocycles. The van der Waals surface area contributed by atoms with E-state index in [9.17, 15) is 9.59 Å². The second-order valence-corrected chi connectivity index (χ2v) is 8.16. The molecule has 30 heavy (non-hydrogen) atoms. The Bertz CT molecular complexity index is 1260. The summed E-state index contributed by atoms with van der Waals surface area (Å²) in [5.74, 6) is -0.837. The predicted molar refractivity (Wildman–Crippen MR) is 122 cm³/mol. The molecule has 0 aliphatic rings. The van der Waals surface area contributed by atoms with E-state index in [2.05, 4.69) is 27.8 Å². The molecule has 0 radical (unpaired) electrons. The minimum Gasteiger partial charge on any atom is -0.343 e. The number of halogens is 2. The molecule has 0 unspecified atom stereocenters. The van der Waals surface area contributed by atoms with E-state index in [-0.39, 0.29) is 23.0 Å². The lowest BCUT2D eigenvalue weighted by Gasteiger charge is -2.07. The molecule has 1 heterocycles. The molecule has 0 atom stereocenters. The fourth-order valence-corrected chi connectivity index (χ4v) is 4.14. The van der Waals surface area contributed by atoms with Gasteiger partial charge in [-0.1, -0.05) is 59.6 Å². The maximum Gasteiger partial charge on any atom is 0.253 e. The lowest BCUT2D eigenvalue weighted by Crippen LogP contribution is -2.33. The van der Waals surface area contributed by atoms with Gasteiger partial charge in [-0.15, -0.1) is 11.3 Å². The zero-order valence-corrected chi connectivity index (χ0v) is 17.8. The van der Waals surface area contributed by atoms with Gasteiger partial charge >= 0.3 is 0 Å². The lowest BCUT2D eigenvalue weighted by molar-refractivity contribution is -0.115. The second kappa shape index (κ2) is 8.83. The van der Waals surface area contributed by atoms with E-state index in [0.29, 0.717) is 10.2 Å². The Kier molecular flexibility index (Phi) is 5.99. The van der Waals surface area contributed by atoms with Crippen LogP contribution in [0.25, 0.3) is 22.0 Å². The first-order chi connectivity index (χ1) is 14.5. The molecule has 2 N–H and O–H groups in total. The molecule has 5 nitrogen and oxygen atoms in total. The number of thiazole rings is 1. The SMILES string of the molecule is O=C(CNC(=O)c1ccc(Cl)cc1Cl)Nc1nc(-c2ccc3ccccc3c2)cs1. The Labute approximate surface area is 186 Å². The molecule has 1 aromatic heterocycles. The monoisotopic (exact) mass is 455 g/mol. The number of amides is 2. The number of benzene rings is 3. The molecule has 0 fully saturated rings. The first-order valence-electron chi connectivity index (χ1n) is 8.97. The van der Waals surface area contributed by atoms with Crippen LogP contribution in [0.5, 0.6) is 0 Å². The Hall–Kier alpha value is -2.93. The molecule has 4 rings (SSSR count). The molecular formula is C22H15Cl2N3O2S. The summed E-state index contributed by atoms with van der Waals surface area (Å²) in [7, 11) is 0. The summed E-state index contributed by atoms with van der Waals surface area (Å²) >= 11 is 13.2. The minimum absolute atomic E-state index is 0.206. The minimum atomic E-state index is -0.456. The van der Waals surface area contributed by atoms with Gasteiger partial charge in [0.15, 0.2) is 5.13 Å². The fourth-order valence-electron chi connectivity index (χ4n) is 2.91. The highest BCUT2D eigenvalue weighted by Gasteiger charge is 2.13. The Morgan fingerprint density at radius 1 is 0.967 bits per heavy atom. The van der Waals surface area contributed by atoms with Gasteiger partial charge in [0.05, 0.1) is 22.8 Å². The van der Waals surface area contributed by atoms with Crippen LogP contribution in [-0.4, -0.2) is 23.3 Å². The fraction of sp³-hybridized carbons (Fsp3) is 0.0455. The van der Waals surface area contributed by atoms with Crippen molar-refractivity contribution in [2.24, 2.45) is 0 Å². The van der Waals surface area contributed by atoms with Crippen LogP contribution in [-0.2, 0) is 4.79 Å². The van der Waals surface area contributed by atoms with Gasteiger partial charge in [0.1, 0.15) is 0 Å².